The summed E-state index contributed by atoms with van der Waals surface area (Å²) in [6.45, 7) is 4.40. The van der Waals surface area contributed by atoms with Crippen LogP contribution in [0.25, 0.3) is 10.8 Å². The van der Waals surface area contributed by atoms with Gasteiger partial charge in [-0.3, -0.25) is 4.98 Å². The number of nitrogens with zero attached hydrogens (tertiary/aromatic N) is 1. The van der Waals surface area contributed by atoms with Gasteiger partial charge in [-0.2, -0.15) is 0 Å². The van der Waals surface area contributed by atoms with Crippen LogP contribution in [-0.4, -0.2) is 11.6 Å². The van der Waals surface area contributed by atoms with Crippen LogP contribution in [0.5, 0.6) is 5.75 Å². The van der Waals surface area contributed by atoms with Crippen LogP contribution >= 0.6 is 0 Å². The number of pyridine rings is 1. The molecule has 0 saturated heterocycles. The van der Waals surface area contributed by atoms with Crippen LogP contribution in [0.15, 0.2) is 24.4 Å². The Morgan fingerprint density at radius 3 is 2.81 bits per heavy atom. The Morgan fingerprint density at radius 1 is 1.25 bits per heavy atom. The highest BCUT2D eigenvalue weighted by Crippen LogP contribution is 2.27. The first kappa shape index (κ1) is 10.9. The second-order valence-electron chi connectivity index (χ2n) is 3.72. The van der Waals surface area contributed by atoms with Gasteiger partial charge in [0, 0.05) is 22.7 Å². The minimum atomic E-state index is -0.295. The molecule has 0 aliphatic rings. The molecule has 0 aliphatic carbocycles. The Kier molecular flexibility index (Phi) is 3.04. The molecule has 0 unspecified atom stereocenters. The Balaban J connectivity index is 2.52. The van der Waals surface area contributed by atoms with E-state index in [-0.39, 0.29) is 5.82 Å². The minimum Gasteiger partial charge on any atom is -0.491 e. The molecule has 0 spiro atoms. The molecular formula is C13H14FNO. The fraction of sp³-hybridized carbons (Fsp3) is 0.308. The van der Waals surface area contributed by atoms with E-state index in [0.29, 0.717) is 17.7 Å². The van der Waals surface area contributed by atoms with Crippen molar-refractivity contribution in [3.8, 4) is 5.75 Å². The van der Waals surface area contributed by atoms with Crippen molar-refractivity contribution < 1.29 is 9.13 Å². The number of halogens is 1. The number of aromatic nitrogens is 1. The second-order valence-corrected chi connectivity index (χ2v) is 3.72. The van der Waals surface area contributed by atoms with Gasteiger partial charge in [-0.25, -0.2) is 4.39 Å². The fourth-order valence-electron chi connectivity index (χ4n) is 1.67. The Morgan fingerprint density at radius 2 is 2.06 bits per heavy atom. The molecule has 84 valence electrons. The Bertz CT molecular complexity index is 511. The second kappa shape index (κ2) is 4.47. The highest BCUT2D eigenvalue weighted by Gasteiger charge is 2.09. The molecule has 0 saturated carbocycles. The molecular weight excluding hydrogens is 205 g/mol. The molecule has 0 atom stereocenters. The van der Waals surface area contributed by atoms with E-state index in [1.165, 1.54) is 0 Å². The van der Waals surface area contributed by atoms with Crippen LogP contribution in [0.4, 0.5) is 4.39 Å². The standard InChI is InChI=1S/C13H14FNO/c1-3-8-16-12-5-4-10-9(2)15-7-6-11(10)13(12)14/h4-7H,3,8H2,1-2H3. The van der Waals surface area contributed by atoms with Crippen molar-refractivity contribution in [3.63, 3.8) is 0 Å². The van der Waals surface area contributed by atoms with Gasteiger partial charge in [-0.15, -0.1) is 0 Å². The summed E-state index contributed by atoms with van der Waals surface area (Å²) in [6.07, 6.45) is 2.48. The van der Waals surface area contributed by atoms with Crippen molar-refractivity contribution in [1.82, 2.24) is 4.98 Å². The van der Waals surface area contributed by atoms with Gasteiger partial charge in [0.15, 0.2) is 11.6 Å². The number of rotatable bonds is 3. The van der Waals surface area contributed by atoms with Crippen molar-refractivity contribution in [2.75, 3.05) is 6.61 Å². The number of hydrogen-bond acceptors (Lipinski definition) is 2. The molecule has 2 nitrogen and oxygen atoms in total. The summed E-state index contributed by atoms with van der Waals surface area (Å²) in [5.41, 5.74) is 0.832. The monoisotopic (exact) mass is 219 g/mol. The van der Waals surface area contributed by atoms with Crippen molar-refractivity contribution in [2.24, 2.45) is 0 Å². The summed E-state index contributed by atoms with van der Waals surface area (Å²) in [4.78, 5) is 4.13. The highest BCUT2D eigenvalue weighted by molar-refractivity contribution is 5.86. The number of aryl methyl sites for hydroxylation is 1. The average molecular weight is 219 g/mol. The zero-order chi connectivity index (χ0) is 11.5. The molecule has 0 fully saturated rings. The van der Waals surface area contributed by atoms with Gasteiger partial charge in [0.05, 0.1) is 6.61 Å². The van der Waals surface area contributed by atoms with Gasteiger partial charge in [-0.1, -0.05) is 6.92 Å². The topological polar surface area (TPSA) is 22.1 Å². The zero-order valence-electron chi connectivity index (χ0n) is 9.46. The van der Waals surface area contributed by atoms with Crippen molar-refractivity contribution in [2.45, 2.75) is 20.3 Å². The van der Waals surface area contributed by atoms with Crippen LogP contribution in [-0.2, 0) is 0 Å². The SMILES string of the molecule is CCCOc1ccc2c(C)nccc2c1F. The van der Waals surface area contributed by atoms with Gasteiger partial charge < -0.3 is 4.74 Å². The smallest absolute Gasteiger partial charge is 0.172 e. The molecule has 3 heteroatoms. The summed E-state index contributed by atoms with van der Waals surface area (Å²) in [5, 5.41) is 1.41. The van der Waals surface area contributed by atoms with Crippen molar-refractivity contribution in [3.05, 3.63) is 35.9 Å². The molecule has 1 heterocycles. The summed E-state index contributed by atoms with van der Waals surface area (Å²) >= 11 is 0. The molecule has 1 aromatic carbocycles. The number of fused-ring (bicyclic) bond motifs is 1. The summed E-state index contributed by atoms with van der Waals surface area (Å²) < 4.78 is 19.4. The molecule has 0 N–H and O–H groups in total. The van der Waals surface area contributed by atoms with Crippen LogP contribution in [0, 0.1) is 12.7 Å². The van der Waals surface area contributed by atoms with Crippen molar-refractivity contribution in [1.29, 1.82) is 0 Å². The van der Waals surface area contributed by atoms with Gasteiger partial charge in [0.1, 0.15) is 0 Å². The van der Waals surface area contributed by atoms with Gasteiger partial charge >= 0.3 is 0 Å². The molecule has 16 heavy (non-hydrogen) atoms. The van der Waals surface area contributed by atoms with E-state index in [1.54, 1.807) is 18.3 Å². The maximum atomic E-state index is 14.0. The minimum absolute atomic E-state index is 0.295. The van der Waals surface area contributed by atoms with E-state index in [0.717, 1.165) is 17.5 Å². The number of hydrogen-bond donors (Lipinski definition) is 0. The molecule has 0 bridgehead atoms. The average Bonchev–Trinajstić information content (AvgIpc) is 2.29. The maximum absolute atomic E-state index is 14.0. The third kappa shape index (κ3) is 1.85. The molecule has 0 radical (unpaired) electrons. The van der Waals surface area contributed by atoms with E-state index >= 15 is 0 Å². The largest absolute Gasteiger partial charge is 0.491 e. The molecule has 2 rings (SSSR count). The van der Waals surface area contributed by atoms with E-state index in [2.05, 4.69) is 4.98 Å². The summed E-state index contributed by atoms with van der Waals surface area (Å²) in [5.74, 6) is 0.0244. The lowest BCUT2D eigenvalue weighted by molar-refractivity contribution is 0.302. The third-order valence-corrected chi connectivity index (χ3v) is 2.51. The molecule has 0 amide bonds. The maximum Gasteiger partial charge on any atom is 0.172 e. The summed E-state index contributed by atoms with van der Waals surface area (Å²) in [6, 6.07) is 5.20. The fourth-order valence-corrected chi connectivity index (χ4v) is 1.67. The van der Waals surface area contributed by atoms with Gasteiger partial charge in [0.2, 0.25) is 0 Å². The predicted molar refractivity (Wildman–Crippen MR) is 62.2 cm³/mol. The quantitative estimate of drug-likeness (QED) is 0.788. The number of benzene rings is 1. The first-order valence-electron chi connectivity index (χ1n) is 5.40. The van der Waals surface area contributed by atoms with E-state index < -0.39 is 0 Å². The third-order valence-electron chi connectivity index (χ3n) is 2.51. The van der Waals surface area contributed by atoms with E-state index in [9.17, 15) is 4.39 Å². The van der Waals surface area contributed by atoms with Crippen LogP contribution in [0.2, 0.25) is 0 Å². The normalized spacial score (nSPS) is 10.7. The molecule has 1 aromatic heterocycles. The highest BCUT2D eigenvalue weighted by atomic mass is 19.1. The van der Waals surface area contributed by atoms with Crippen LogP contribution in [0.3, 0.4) is 0 Å². The van der Waals surface area contributed by atoms with Crippen LogP contribution in [0.1, 0.15) is 19.0 Å². The van der Waals surface area contributed by atoms with Gasteiger partial charge in [-0.05, 0) is 31.5 Å². The first-order chi connectivity index (χ1) is 7.74. The van der Waals surface area contributed by atoms with Crippen molar-refractivity contribution >= 4 is 10.8 Å². The van der Waals surface area contributed by atoms with Crippen LogP contribution < -0.4 is 4.74 Å². The lowest BCUT2D eigenvalue weighted by atomic mass is 10.1. The molecule has 2 aromatic rings. The van der Waals surface area contributed by atoms with E-state index in [1.807, 2.05) is 19.9 Å². The number of ether oxygens (including phenoxy) is 1. The zero-order valence-corrected chi connectivity index (χ0v) is 9.46. The Labute approximate surface area is 94.1 Å². The predicted octanol–water partition coefficient (Wildman–Crippen LogP) is 3.47. The van der Waals surface area contributed by atoms with Gasteiger partial charge in [0.25, 0.3) is 0 Å². The molecule has 0 aliphatic heterocycles. The lowest BCUT2D eigenvalue weighted by Gasteiger charge is -2.08. The lowest BCUT2D eigenvalue weighted by Crippen LogP contribution is -1.98. The van der Waals surface area contributed by atoms with E-state index in [4.69, 9.17) is 4.74 Å². The Hall–Kier alpha value is -1.64. The summed E-state index contributed by atoms with van der Waals surface area (Å²) in [7, 11) is 0. The first-order valence-corrected chi connectivity index (χ1v) is 5.40.